The normalized spacial score (nSPS) is 10.1. The fourth-order valence-electron chi connectivity index (χ4n) is 1.12. The lowest BCUT2D eigenvalue weighted by Gasteiger charge is -2.05. The first-order valence-corrected chi connectivity index (χ1v) is 4.41. The molecule has 0 spiro atoms. The van der Waals surface area contributed by atoms with Gasteiger partial charge < -0.3 is 10.2 Å². The second-order valence-corrected chi connectivity index (χ2v) is 3.09. The van der Waals surface area contributed by atoms with E-state index >= 15 is 0 Å². The lowest BCUT2D eigenvalue weighted by Crippen LogP contribution is -2.26. The van der Waals surface area contributed by atoms with Crippen molar-refractivity contribution >= 4 is 17.7 Å². The molecule has 0 aliphatic heterocycles. The minimum Gasteiger partial charge on any atom is -0.481 e. The summed E-state index contributed by atoms with van der Waals surface area (Å²) < 4.78 is 0. The van der Waals surface area contributed by atoms with E-state index in [0.29, 0.717) is 0 Å². The summed E-state index contributed by atoms with van der Waals surface area (Å²) in [5, 5.41) is 17.2. The Morgan fingerprint density at radius 3 is 2.06 bits per heavy atom. The van der Waals surface area contributed by atoms with Crippen LogP contribution in [0.15, 0.2) is 24.5 Å². The number of carboxylic acid groups (broad SMARTS) is 2. The van der Waals surface area contributed by atoms with Crippen molar-refractivity contribution in [1.82, 2.24) is 4.98 Å². The molecule has 0 aliphatic carbocycles. The van der Waals surface area contributed by atoms with Crippen LogP contribution in [0.2, 0.25) is 0 Å². The molecule has 0 saturated carbocycles. The number of ketones is 1. The number of aromatic nitrogens is 1. The summed E-state index contributed by atoms with van der Waals surface area (Å²) in [5.41, 5.74) is 0.252. The summed E-state index contributed by atoms with van der Waals surface area (Å²) in [5.74, 6) is -5.28. The standard InChI is InChI=1S/C10H9NO5/c12-8(6-1-3-11-4-2-6)5-7(9(13)14)10(15)16/h1-4,7H,5H2,(H,13,14)(H,15,16). The molecule has 0 unspecified atom stereocenters. The monoisotopic (exact) mass is 223 g/mol. The van der Waals surface area contributed by atoms with Crippen molar-refractivity contribution in [3.63, 3.8) is 0 Å². The first-order valence-electron chi connectivity index (χ1n) is 4.41. The van der Waals surface area contributed by atoms with Gasteiger partial charge in [0.25, 0.3) is 0 Å². The molecule has 0 radical (unpaired) electrons. The van der Waals surface area contributed by atoms with E-state index in [-0.39, 0.29) is 5.56 Å². The minimum atomic E-state index is -1.71. The predicted octanol–water partition coefficient (Wildman–Crippen LogP) is 0.440. The van der Waals surface area contributed by atoms with Crippen LogP contribution in [0.5, 0.6) is 0 Å². The van der Waals surface area contributed by atoms with Gasteiger partial charge in [0.2, 0.25) is 0 Å². The summed E-state index contributed by atoms with van der Waals surface area (Å²) in [6.07, 6.45) is 2.20. The molecule has 16 heavy (non-hydrogen) atoms. The molecular formula is C10H9NO5. The van der Waals surface area contributed by atoms with E-state index in [4.69, 9.17) is 10.2 Å². The molecule has 0 amide bonds. The summed E-state index contributed by atoms with van der Waals surface area (Å²) in [6.45, 7) is 0. The fraction of sp³-hybridized carbons (Fsp3) is 0.200. The minimum absolute atomic E-state index is 0.252. The number of carboxylic acids is 2. The van der Waals surface area contributed by atoms with E-state index in [1.54, 1.807) is 0 Å². The topological polar surface area (TPSA) is 105 Å². The van der Waals surface area contributed by atoms with Gasteiger partial charge in [-0.1, -0.05) is 0 Å². The van der Waals surface area contributed by atoms with Crippen molar-refractivity contribution in [2.75, 3.05) is 0 Å². The van der Waals surface area contributed by atoms with Gasteiger partial charge in [0.05, 0.1) is 0 Å². The zero-order valence-electron chi connectivity index (χ0n) is 8.16. The van der Waals surface area contributed by atoms with Crippen molar-refractivity contribution < 1.29 is 24.6 Å². The smallest absolute Gasteiger partial charge is 0.318 e. The van der Waals surface area contributed by atoms with Crippen molar-refractivity contribution in [3.05, 3.63) is 30.1 Å². The van der Waals surface area contributed by atoms with Gasteiger partial charge in [-0.15, -0.1) is 0 Å². The number of hydrogen-bond acceptors (Lipinski definition) is 4. The van der Waals surface area contributed by atoms with Gasteiger partial charge in [0, 0.05) is 24.4 Å². The second kappa shape index (κ2) is 5.01. The van der Waals surface area contributed by atoms with Crippen LogP contribution < -0.4 is 0 Å². The van der Waals surface area contributed by atoms with Gasteiger partial charge in [0.15, 0.2) is 11.7 Å². The number of rotatable bonds is 5. The van der Waals surface area contributed by atoms with E-state index < -0.39 is 30.1 Å². The van der Waals surface area contributed by atoms with E-state index in [1.165, 1.54) is 24.5 Å². The van der Waals surface area contributed by atoms with Crippen LogP contribution in [0.25, 0.3) is 0 Å². The first-order chi connectivity index (χ1) is 7.52. The molecule has 6 nitrogen and oxygen atoms in total. The van der Waals surface area contributed by atoms with E-state index in [9.17, 15) is 14.4 Å². The molecule has 0 saturated heterocycles. The largest absolute Gasteiger partial charge is 0.481 e. The van der Waals surface area contributed by atoms with Crippen molar-refractivity contribution in [2.24, 2.45) is 5.92 Å². The van der Waals surface area contributed by atoms with Crippen LogP contribution in [0, 0.1) is 5.92 Å². The Morgan fingerprint density at radius 2 is 1.62 bits per heavy atom. The third kappa shape index (κ3) is 2.88. The summed E-state index contributed by atoms with van der Waals surface area (Å²) in [4.78, 5) is 36.3. The molecule has 0 bridgehead atoms. The van der Waals surface area contributed by atoms with Crippen LogP contribution in [-0.4, -0.2) is 32.9 Å². The quantitative estimate of drug-likeness (QED) is 0.554. The molecule has 0 fully saturated rings. The lowest BCUT2D eigenvalue weighted by atomic mass is 9.99. The molecule has 84 valence electrons. The molecule has 0 aliphatic rings. The highest BCUT2D eigenvalue weighted by Crippen LogP contribution is 2.10. The Bertz CT molecular complexity index is 400. The van der Waals surface area contributed by atoms with Gasteiger partial charge in [-0.3, -0.25) is 19.4 Å². The van der Waals surface area contributed by atoms with Gasteiger partial charge in [-0.05, 0) is 12.1 Å². The number of aliphatic carboxylic acids is 2. The lowest BCUT2D eigenvalue weighted by molar-refractivity contribution is -0.154. The van der Waals surface area contributed by atoms with Crippen molar-refractivity contribution in [2.45, 2.75) is 6.42 Å². The maximum Gasteiger partial charge on any atom is 0.318 e. The third-order valence-corrected chi connectivity index (χ3v) is 1.99. The van der Waals surface area contributed by atoms with Crippen LogP contribution in [0.3, 0.4) is 0 Å². The average Bonchev–Trinajstić information content (AvgIpc) is 2.25. The number of carbonyl (C=O) groups is 3. The number of carbonyl (C=O) groups excluding carboxylic acids is 1. The summed E-state index contributed by atoms with van der Waals surface area (Å²) >= 11 is 0. The van der Waals surface area contributed by atoms with E-state index in [2.05, 4.69) is 4.98 Å². The Kier molecular flexibility index (Phi) is 3.71. The Labute approximate surface area is 90.5 Å². The van der Waals surface area contributed by atoms with Gasteiger partial charge in [0.1, 0.15) is 0 Å². The molecular weight excluding hydrogens is 214 g/mol. The molecule has 1 aromatic rings. The van der Waals surface area contributed by atoms with E-state index in [1.807, 2.05) is 0 Å². The summed E-state index contributed by atoms with van der Waals surface area (Å²) in [7, 11) is 0. The SMILES string of the molecule is O=C(CC(C(=O)O)C(=O)O)c1ccncc1. The predicted molar refractivity (Wildman–Crippen MR) is 51.9 cm³/mol. The molecule has 2 N–H and O–H groups in total. The maximum atomic E-state index is 11.5. The molecule has 1 rings (SSSR count). The van der Waals surface area contributed by atoms with E-state index in [0.717, 1.165) is 0 Å². The molecule has 0 aromatic carbocycles. The highest BCUT2D eigenvalue weighted by Gasteiger charge is 2.28. The first kappa shape index (κ1) is 11.8. The number of hydrogen-bond donors (Lipinski definition) is 2. The molecule has 6 heteroatoms. The van der Waals surface area contributed by atoms with Gasteiger partial charge in [-0.25, -0.2) is 0 Å². The number of pyridine rings is 1. The van der Waals surface area contributed by atoms with Crippen molar-refractivity contribution in [3.8, 4) is 0 Å². The van der Waals surface area contributed by atoms with Crippen LogP contribution in [-0.2, 0) is 9.59 Å². The highest BCUT2D eigenvalue weighted by atomic mass is 16.4. The molecule has 0 atom stereocenters. The fourth-order valence-corrected chi connectivity index (χ4v) is 1.12. The Morgan fingerprint density at radius 1 is 1.12 bits per heavy atom. The number of Topliss-reactive ketones (excluding diaryl/α,β-unsaturated/α-hetero) is 1. The molecule has 1 aromatic heterocycles. The maximum absolute atomic E-state index is 11.5. The van der Waals surface area contributed by atoms with Gasteiger partial charge >= 0.3 is 11.9 Å². The van der Waals surface area contributed by atoms with Crippen molar-refractivity contribution in [1.29, 1.82) is 0 Å². The number of nitrogens with zero attached hydrogens (tertiary/aromatic N) is 1. The zero-order chi connectivity index (χ0) is 12.1. The highest BCUT2D eigenvalue weighted by molar-refractivity contribution is 6.03. The third-order valence-electron chi connectivity index (χ3n) is 1.99. The van der Waals surface area contributed by atoms with Gasteiger partial charge in [-0.2, -0.15) is 0 Å². The Balaban J connectivity index is 2.77. The zero-order valence-corrected chi connectivity index (χ0v) is 8.16. The van der Waals surface area contributed by atoms with Crippen LogP contribution in [0.1, 0.15) is 16.8 Å². The Hall–Kier alpha value is -2.24. The average molecular weight is 223 g/mol. The van der Waals surface area contributed by atoms with Crippen LogP contribution in [0.4, 0.5) is 0 Å². The second-order valence-electron chi connectivity index (χ2n) is 3.09. The summed E-state index contributed by atoms with van der Waals surface area (Å²) in [6, 6.07) is 2.81. The molecule has 1 heterocycles. The van der Waals surface area contributed by atoms with Crippen LogP contribution >= 0.6 is 0 Å².